The summed E-state index contributed by atoms with van der Waals surface area (Å²) in [6.45, 7) is 2.43. The summed E-state index contributed by atoms with van der Waals surface area (Å²) in [6.07, 6.45) is 2.72. The molecule has 5 nitrogen and oxygen atoms in total. The van der Waals surface area contributed by atoms with Gasteiger partial charge in [0.15, 0.2) is 0 Å². The molecule has 0 radical (unpaired) electrons. The van der Waals surface area contributed by atoms with Gasteiger partial charge in [-0.3, -0.25) is 9.48 Å². The molecule has 0 aliphatic carbocycles. The highest BCUT2D eigenvalue weighted by atomic mass is 35.5. The van der Waals surface area contributed by atoms with Crippen LogP contribution in [0, 0.1) is 0 Å². The van der Waals surface area contributed by atoms with Crippen molar-refractivity contribution in [1.29, 1.82) is 0 Å². The van der Waals surface area contributed by atoms with Crippen LogP contribution < -0.4 is 11.1 Å². The van der Waals surface area contributed by atoms with Crippen LogP contribution in [-0.4, -0.2) is 15.7 Å². The minimum atomic E-state index is -0.279. The minimum absolute atomic E-state index is 0.279. The van der Waals surface area contributed by atoms with E-state index in [4.69, 9.17) is 17.3 Å². The van der Waals surface area contributed by atoms with Crippen LogP contribution >= 0.6 is 11.6 Å². The van der Waals surface area contributed by atoms with Crippen LogP contribution in [0.25, 0.3) is 0 Å². The first kappa shape index (κ1) is 14.4. The second-order valence-corrected chi connectivity index (χ2v) is 4.92. The summed E-state index contributed by atoms with van der Waals surface area (Å²) in [4.78, 5) is 12.2. The van der Waals surface area contributed by atoms with Crippen molar-refractivity contribution in [2.24, 2.45) is 7.05 Å². The lowest BCUT2D eigenvalue weighted by atomic mass is 10.1. The highest BCUT2D eigenvalue weighted by Crippen LogP contribution is 2.21. The molecule has 0 spiro atoms. The molecule has 0 aliphatic heterocycles. The molecule has 1 heterocycles. The number of benzene rings is 1. The van der Waals surface area contributed by atoms with Crippen LogP contribution in [0.3, 0.4) is 0 Å². The fraction of sp³-hybridized carbons (Fsp3) is 0.286. The van der Waals surface area contributed by atoms with Gasteiger partial charge in [0.2, 0.25) is 0 Å². The number of amides is 1. The summed E-state index contributed by atoms with van der Waals surface area (Å²) in [6, 6.07) is 5.02. The van der Waals surface area contributed by atoms with Gasteiger partial charge in [-0.25, -0.2) is 0 Å². The van der Waals surface area contributed by atoms with Gasteiger partial charge in [0.25, 0.3) is 5.91 Å². The molecule has 106 valence electrons. The Morgan fingerprint density at radius 2 is 2.25 bits per heavy atom. The number of nitrogen functional groups attached to an aromatic ring is 1. The average Bonchev–Trinajstić information content (AvgIpc) is 2.76. The standard InChI is InChI=1S/C14H17ClN4O/c1-3-12-9(8-19(2)18-12)7-17-14(20)13-10(15)5-4-6-11(13)16/h4-6,8H,3,7,16H2,1-2H3,(H,17,20). The Morgan fingerprint density at radius 3 is 2.90 bits per heavy atom. The molecule has 20 heavy (non-hydrogen) atoms. The smallest absolute Gasteiger partial charge is 0.255 e. The first-order chi connectivity index (χ1) is 9.52. The van der Waals surface area contributed by atoms with Gasteiger partial charge < -0.3 is 11.1 Å². The molecule has 2 rings (SSSR count). The zero-order valence-corrected chi connectivity index (χ0v) is 12.2. The van der Waals surface area contributed by atoms with Gasteiger partial charge in [0.1, 0.15) is 0 Å². The maximum atomic E-state index is 12.2. The number of nitrogens with zero attached hydrogens (tertiary/aromatic N) is 2. The molecule has 1 amide bonds. The molecular formula is C14H17ClN4O. The van der Waals surface area contributed by atoms with E-state index >= 15 is 0 Å². The number of aryl methyl sites for hydroxylation is 2. The van der Waals surface area contributed by atoms with Crippen LogP contribution in [0.5, 0.6) is 0 Å². The average molecular weight is 293 g/mol. The van der Waals surface area contributed by atoms with E-state index in [1.807, 2.05) is 20.2 Å². The fourth-order valence-corrected chi connectivity index (χ4v) is 2.34. The second-order valence-electron chi connectivity index (χ2n) is 4.51. The third kappa shape index (κ3) is 2.93. The van der Waals surface area contributed by atoms with Gasteiger partial charge in [-0.1, -0.05) is 24.6 Å². The summed E-state index contributed by atoms with van der Waals surface area (Å²) in [5.41, 5.74) is 8.44. The molecule has 0 unspecified atom stereocenters. The Balaban J connectivity index is 2.13. The lowest BCUT2D eigenvalue weighted by molar-refractivity contribution is 0.0952. The van der Waals surface area contributed by atoms with E-state index in [9.17, 15) is 4.79 Å². The van der Waals surface area contributed by atoms with Gasteiger partial charge in [-0.15, -0.1) is 0 Å². The largest absolute Gasteiger partial charge is 0.398 e. The van der Waals surface area contributed by atoms with E-state index in [1.54, 1.807) is 22.9 Å². The van der Waals surface area contributed by atoms with Gasteiger partial charge >= 0.3 is 0 Å². The predicted octanol–water partition coefficient (Wildman–Crippen LogP) is 2.15. The van der Waals surface area contributed by atoms with E-state index in [0.717, 1.165) is 17.7 Å². The van der Waals surface area contributed by atoms with Crippen molar-refractivity contribution < 1.29 is 4.79 Å². The van der Waals surface area contributed by atoms with Gasteiger partial charge in [-0.05, 0) is 18.6 Å². The Kier molecular flexibility index (Phi) is 4.29. The first-order valence-corrected chi connectivity index (χ1v) is 6.74. The molecule has 2 aromatic rings. The Labute approximate surface area is 122 Å². The van der Waals surface area contributed by atoms with Crippen LogP contribution in [0.1, 0.15) is 28.5 Å². The fourth-order valence-electron chi connectivity index (χ4n) is 2.07. The molecular weight excluding hydrogens is 276 g/mol. The maximum absolute atomic E-state index is 12.2. The third-order valence-corrected chi connectivity index (χ3v) is 3.35. The van der Waals surface area contributed by atoms with Gasteiger partial charge in [-0.2, -0.15) is 5.10 Å². The number of nitrogens with one attached hydrogen (secondary N) is 1. The number of carbonyl (C=O) groups is 1. The van der Waals surface area contributed by atoms with Crippen LogP contribution in [0.15, 0.2) is 24.4 Å². The number of hydrogen-bond acceptors (Lipinski definition) is 3. The van der Waals surface area contributed by atoms with Crippen molar-refractivity contribution >= 4 is 23.2 Å². The van der Waals surface area contributed by atoms with E-state index in [2.05, 4.69) is 10.4 Å². The minimum Gasteiger partial charge on any atom is -0.398 e. The number of nitrogens with two attached hydrogens (primary N) is 1. The number of carbonyl (C=O) groups excluding carboxylic acids is 1. The Morgan fingerprint density at radius 1 is 1.50 bits per heavy atom. The summed E-state index contributed by atoms with van der Waals surface area (Å²) in [5.74, 6) is -0.279. The molecule has 1 aromatic heterocycles. The van der Waals surface area contributed by atoms with E-state index in [-0.39, 0.29) is 5.91 Å². The molecule has 0 saturated carbocycles. The summed E-state index contributed by atoms with van der Waals surface area (Å²) < 4.78 is 1.74. The van der Waals surface area contributed by atoms with Crippen molar-refractivity contribution in [1.82, 2.24) is 15.1 Å². The Bertz CT molecular complexity index is 616. The van der Waals surface area contributed by atoms with Gasteiger partial charge in [0.05, 0.1) is 16.3 Å². The second kappa shape index (κ2) is 5.96. The zero-order valence-electron chi connectivity index (χ0n) is 11.5. The first-order valence-electron chi connectivity index (χ1n) is 6.36. The lowest BCUT2D eigenvalue weighted by Gasteiger charge is -2.08. The van der Waals surface area contributed by atoms with Crippen LogP contribution in [-0.2, 0) is 20.0 Å². The number of aromatic nitrogens is 2. The van der Waals surface area contributed by atoms with E-state index in [0.29, 0.717) is 22.8 Å². The molecule has 0 bridgehead atoms. The quantitative estimate of drug-likeness (QED) is 0.848. The molecule has 0 atom stereocenters. The monoisotopic (exact) mass is 292 g/mol. The van der Waals surface area contributed by atoms with Crippen molar-refractivity contribution in [3.05, 3.63) is 46.2 Å². The number of anilines is 1. The summed E-state index contributed by atoms with van der Waals surface area (Å²) >= 11 is 6.01. The Hall–Kier alpha value is -2.01. The third-order valence-electron chi connectivity index (χ3n) is 3.04. The maximum Gasteiger partial charge on any atom is 0.255 e. The zero-order chi connectivity index (χ0) is 14.7. The van der Waals surface area contributed by atoms with Gasteiger partial charge in [0, 0.05) is 31.0 Å². The SMILES string of the molecule is CCc1nn(C)cc1CNC(=O)c1c(N)cccc1Cl. The summed E-state index contributed by atoms with van der Waals surface area (Å²) in [7, 11) is 1.86. The molecule has 6 heteroatoms. The van der Waals surface area contributed by atoms with E-state index in [1.165, 1.54) is 0 Å². The molecule has 1 aromatic carbocycles. The van der Waals surface area contributed by atoms with Crippen LogP contribution in [0.4, 0.5) is 5.69 Å². The number of halogens is 1. The van der Waals surface area contributed by atoms with E-state index < -0.39 is 0 Å². The molecule has 0 aliphatic rings. The summed E-state index contributed by atoms with van der Waals surface area (Å²) in [5, 5.41) is 7.51. The van der Waals surface area contributed by atoms with Crippen molar-refractivity contribution in [3.63, 3.8) is 0 Å². The predicted molar refractivity (Wildman–Crippen MR) is 79.6 cm³/mol. The van der Waals surface area contributed by atoms with Crippen molar-refractivity contribution in [2.75, 3.05) is 5.73 Å². The highest BCUT2D eigenvalue weighted by molar-refractivity contribution is 6.34. The van der Waals surface area contributed by atoms with Crippen molar-refractivity contribution in [2.45, 2.75) is 19.9 Å². The number of hydrogen-bond donors (Lipinski definition) is 2. The lowest BCUT2D eigenvalue weighted by Crippen LogP contribution is -2.24. The molecule has 0 saturated heterocycles. The molecule has 3 N–H and O–H groups in total. The number of rotatable bonds is 4. The highest BCUT2D eigenvalue weighted by Gasteiger charge is 2.14. The van der Waals surface area contributed by atoms with Crippen molar-refractivity contribution in [3.8, 4) is 0 Å². The molecule has 0 fully saturated rings. The topological polar surface area (TPSA) is 72.9 Å². The normalized spacial score (nSPS) is 10.6. The van der Waals surface area contributed by atoms with Crippen LogP contribution in [0.2, 0.25) is 5.02 Å².